The van der Waals surface area contributed by atoms with Gasteiger partial charge in [-0.1, -0.05) is 42.0 Å². The van der Waals surface area contributed by atoms with Crippen LogP contribution in [0.25, 0.3) is 17.5 Å². The van der Waals surface area contributed by atoms with Crippen molar-refractivity contribution in [1.29, 1.82) is 0 Å². The standard InChI is InChI=1S/C25H22N2O5/c1-16-5-3-7-19(15-16)23-26-21(17(2)31-23)13-14-30-20-11-9-18(10-12-20)6-4-8-22-24(28)32-25(29)27-22/h3-12,15H,13-14H2,1-2H3,(H,27,29). The highest BCUT2D eigenvalue weighted by molar-refractivity contribution is 6.04. The minimum Gasteiger partial charge on any atom is -0.493 e. The van der Waals surface area contributed by atoms with Gasteiger partial charge in [0.15, 0.2) is 0 Å². The number of aryl methyl sites for hydroxylation is 2. The lowest BCUT2D eigenvalue weighted by molar-refractivity contribution is -0.130. The zero-order valence-corrected chi connectivity index (χ0v) is 17.8. The van der Waals surface area contributed by atoms with Gasteiger partial charge in [0, 0.05) is 12.0 Å². The molecule has 1 aliphatic rings. The van der Waals surface area contributed by atoms with E-state index in [-0.39, 0.29) is 5.70 Å². The summed E-state index contributed by atoms with van der Waals surface area (Å²) in [5.74, 6) is 1.48. The third-order valence-electron chi connectivity index (χ3n) is 4.84. The number of oxazole rings is 1. The molecule has 0 unspecified atom stereocenters. The second-order valence-corrected chi connectivity index (χ2v) is 7.30. The van der Waals surface area contributed by atoms with Crippen molar-refractivity contribution in [3.8, 4) is 17.2 Å². The van der Waals surface area contributed by atoms with Gasteiger partial charge in [-0.15, -0.1) is 0 Å². The number of carbonyl (C=O) groups excluding carboxylic acids is 2. The number of cyclic esters (lactones) is 2. The Morgan fingerprint density at radius 1 is 1.09 bits per heavy atom. The monoisotopic (exact) mass is 430 g/mol. The molecule has 32 heavy (non-hydrogen) atoms. The number of hydrogen-bond donors (Lipinski definition) is 1. The van der Waals surface area contributed by atoms with E-state index in [9.17, 15) is 9.59 Å². The molecular formula is C25H22N2O5. The molecule has 3 aromatic rings. The molecule has 0 aliphatic carbocycles. The third-order valence-corrected chi connectivity index (χ3v) is 4.84. The molecule has 1 saturated heterocycles. The van der Waals surface area contributed by atoms with E-state index in [0.29, 0.717) is 18.9 Å². The molecule has 1 fully saturated rings. The summed E-state index contributed by atoms with van der Waals surface area (Å²) in [5, 5.41) is 2.32. The van der Waals surface area contributed by atoms with E-state index in [2.05, 4.69) is 15.0 Å². The fourth-order valence-electron chi connectivity index (χ4n) is 3.19. The topological polar surface area (TPSA) is 90.7 Å². The highest BCUT2D eigenvalue weighted by atomic mass is 16.6. The van der Waals surface area contributed by atoms with Gasteiger partial charge in [0.05, 0.1) is 12.3 Å². The van der Waals surface area contributed by atoms with Gasteiger partial charge in [0.2, 0.25) is 5.89 Å². The van der Waals surface area contributed by atoms with Gasteiger partial charge in [-0.3, -0.25) is 5.32 Å². The van der Waals surface area contributed by atoms with Crippen molar-refractivity contribution in [1.82, 2.24) is 10.3 Å². The average molecular weight is 430 g/mol. The number of nitrogens with one attached hydrogen (secondary N) is 1. The number of benzene rings is 2. The van der Waals surface area contributed by atoms with E-state index in [1.54, 1.807) is 12.2 Å². The summed E-state index contributed by atoms with van der Waals surface area (Å²) in [6, 6.07) is 15.6. The Balaban J connectivity index is 1.30. The Morgan fingerprint density at radius 2 is 1.91 bits per heavy atom. The van der Waals surface area contributed by atoms with Gasteiger partial charge in [0.1, 0.15) is 17.2 Å². The molecule has 1 aliphatic heterocycles. The van der Waals surface area contributed by atoms with Crippen molar-refractivity contribution < 1.29 is 23.5 Å². The molecule has 7 heteroatoms. The molecule has 0 spiro atoms. The van der Waals surface area contributed by atoms with Gasteiger partial charge in [0.25, 0.3) is 0 Å². The van der Waals surface area contributed by atoms with Crippen LogP contribution >= 0.6 is 0 Å². The molecule has 2 aromatic carbocycles. The van der Waals surface area contributed by atoms with E-state index in [1.807, 2.05) is 62.4 Å². The highest BCUT2D eigenvalue weighted by Crippen LogP contribution is 2.23. The van der Waals surface area contributed by atoms with Crippen LogP contribution in [0.4, 0.5) is 4.79 Å². The largest absolute Gasteiger partial charge is 0.493 e. The predicted octanol–water partition coefficient (Wildman–Crippen LogP) is 4.74. The number of nitrogens with zero attached hydrogens (tertiary/aromatic N) is 1. The number of amides is 1. The first-order valence-corrected chi connectivity index (χ1v) is 10.2. The van der Waals surface area contributed by atoms with Crippen LogP contribution in [0.1, 0.15) is 22.6 Å². The molecule has 162 valence electrons. The summed E-state index contributed by atoms with van der Waals surface area (Å²) in [7, 11) is 0. The van der Waals surface area contributed by atoms with Gasteiger partial charge < -0.3 is 13.9 Å². The van der Waals surface area contributed by atoms with E-state index >= 15 is 0 Å². The smallest absolute Gasteiger partial charge is 0.419 e. The first-order valence-electron chi connectivity index (χ1n) is 10.2. The lowest BCUT2D eigenvalue weighted by Crippen LogP contribution is -2.11. The summed E-state index contributed by atoms with van der Waals surface area (Å²) in [4.78, 5) is 26.9. The number of esters is 1. The third kappa shape index (κ3) is 5.13. The Hall–Kier alpha value is -4.13. The molecule has 7 nitrogen and oxygen atoms in total. The summed E-state index contributed by atoms with van der Waals surface area (Å²) >= 11 is 0. The van der Waals surface area contributed by atoms with Gasteiger partial charge in [-0.05, 0) is 49.8 Å². The molecule has 2 heterocycles. The first-order chi connectivity index (χ1) is 15.5. The van der Waals surface area contributed by atoms with Crippen LogP contribution in [0.5, 0.6) is 5.75 Å². The molecule has 0 radical (unpaired) electrons. The van der Waals surface area contributed by atoms with Crippen LogP contribution in [-0.2, 0) is 16.0 Å². The van der Waals surface area contributed by atoms with Crippen LogP contribution in [0.3, 0.4) is 0 Å². The molecule has 4 rings (SSSR count). The summed E-state index contributed by atoms with van der Waals surface area (Å²) in [6.07, 6.45) is 4.83. The molecule has 1 amide bonds. The number of alkyl carbamates (subject to hydrolysis) is 1. The van der Waals surface area contributed by atoms with Crippen molar-refractivity contribution in [3.05, 3.63) is 89.0 Å². The van der Waals surface area contributed by atoms with E-state index in [1.165, 1.54) is 6.08 Å². The zero-order chi connectivity index (χ0) is 22.5. The van der Waals surface area contributed by atoms with E-state index in [0.717, 1.165) is 33.9 Å². The maximum absolute atomic E-state index is 11.3. The average Bonchev–Trinajstić information content (AvgIpc) is 3.30. The molecular weight excluding hydrogens is 408 g/mol. The molecule has 1 N–H and O–H groups in total. The summed E-state index contributed by atoms with van der Waals surface area (Å²) < 4.78 is 16.0. The Morgan fingerprint density at radius 3 is 2.62 bits per heavy atom. The first kappa shape index (κ1) is 21.1. The zero-order valence-electron chi connectivity index (χ0n) is 17.8. The van der Waals surface area contributed by atoms with Crippen molar-refractivity contribution in [2.75, 3.05) is 6.61 Å². The number of hydrogen-bond acceptors (Lipinski definition) is 6. The van der Waals surface area contributed by atoms with Gasteiger partial charge in [-0.2, -0.15) is 0 Å². The maximum atomic E-state index is 11.3. The number of allylic oxidation sites excluding steroid dienone is 2. The van der Waals surface area contributed by atoms with Crippen molar-refractivity contribution in [2.24, 2.45) is 0 Å². The van der Waals surface area contributed by atoms with Crippen LogP contribution in [-0.4, -0.2) is 23.7 Å². The van der Waals surface area contributed by atoms with Crippen LogP contribution in [0, 0.1) is 13.8 Å². The number of carbonyl (C=O) groups is 2. The predicted molar refractivity (Wildman–Crippen MR) is 119 cm³/mol. The second-order valence-electron chi connectivity index (χ2n) is 7.30. The molecule has 1 aromatic heterocycles. The number of rotatable bonds is 7. The van der Waals surface area contributed by atoms with Gasteiger partial charge in [-0.25, -0.2) is 14.6 Å². The molecule has 0 atom stereocenters. The normalized spacial score (nSPS) is 14.8. The fourth-order valence-corrected chi connectivity index (χ4v) is 3.19. The Labute approximate surface area is 185 Å². The van der Waals surface area contributed by atoms with Crippen molar-refractivity contribution in [2.45, 2.75) is 20.3 Å². The quantitative estimate of drug-likeness (QED) is 0.331. The highest BCUT2D eigenvalue weighted by Gasteiger charge is 2.25. The maximum Gasteiger partial charge on any atom is 0.419 e. The number of aromatic nitrogens is 1. The van der Waals surface area contributed by atoms with Crippen LogP contribution < -0.4 is 10.1 Å². The van der Waals surface area contributed by atoms with Crippen LogP contribution in [0.15, 0.2) is 70.8 Å². The summed E-state index contributed by atoms with van der Waals surface area (Å²) in [6.45, 7) is 4.43. The van der Waals surface area contributed by atoms with Crippen molar-refractivity contribution in [3.63, 3.8) is 0 Å². The molecule has 0 saturated carbocycles. The van der Waals surface area contributed by atoms with Crippen LogP contribution in [0.2, 0.25) is 0 Å². The lowest BCUT2D eigenvalue weighted by Gasteiger charge is -2.05. The Bertz CT molecular complexity index is 1210. The minimum absolute atomic E-state index is 0.111. The van der Waals surface area contributed by atoms with E-state index < -0.39 is 12.1 Å². The SMILES string of the molecule is Cc1cccc(-c2nc(CCOc3ccc(C=CC=C4NC(=O)OC4=O)cc3)c(C)o2)c1. The van der Waals surface area contributed by atoms with E-state index in [4.69, 9.17) is 9.15 Å². The van der Waals surface area contributed by atoms with Crippen molar-refractivity contribution >= 4 is 18.1 Å². The second kappa shape index (κ2) is 9.34. The summed E-state index contributed by atoms with van der Waals surface area (Å²) in [5.41, 5.74) is 4.03. The minimum atomic E-state index is -0.761. The lowest BCUT2D eigenvalue weighted by atomic mass is 10.1. The van der Waals surface area contributed by atoms with Gasteiger partial charge >= 0.3 is 12.1 Å². The molecule has 0 bridgehead atoms. The number of ether oxygens (including phenoxy) is 2. The Kier molecular flexibility index (Phi) is 6.17. The fraction of sp³-hybridized carbons (Fsp3) is 0.160.